The van der Waals surface area contributed by atoms with Crippen LogP contribution in [0, 0.1) is 13.8 Å². The zero-order valence-corrected chi connectivity index (χ0v) is 17.6. The molecule has 154 valence electrons. The lowest BCUT2D eigenvalue weighted by Gasteiger charge is -2.18. The summed E-state index contributed by atoms with van der Waals surface area (Å²) in [6, 6.07) is 24.6. The lowest BCUT2D eigenvalue weighted by molar-refractivity contribution is 0.0926. The van der Waals surface area contributed by atoms with Gasteiger partial charge in [-0.05, 0) is 42.7 Å². The number of benzene rings is 3. The molecule has 0 bridgehead atoms. The molecular formula is C27H24N2O2. The second-order valence-electron chi connectivity index (χ2n) is 8.02. The molecule has 0 radical (unpaired) electrons. The number of aryl methyl sites for hydroxylation is 2. The molecule has 0 aliphatic carbocycles. The Kier molecular flexibility index (Phi) is 4.83. The van der Waals surface area contributed by atoms with E-state index in [1.165, 1.54) is 10.9 Å². The van der Waals surface area contributed by atoms with Crippen LogP contribution < -0.4 is 5.32 Å². The van der Waals surface area contributed by atoms with Gasteiger partial charge in [-0.15, -0.1) is 0 Å². The highest BCUT2D eigenvalue weighted by Gasteiger charge is 2.22. The van der Waals surface area contributed by atoms with Crippen LogP contribution in [0.4, 0.5) is 0 Å². The second-order valence-corrected chi connectivity index (χ2v) is 8.02. The second kappa shape index (κ2) is 7.80. The Bertz CT molecular complexity index is 1380. The molecule has 0 aliphatic heterocycles. The number of nitrogens with one attached hydrogen (secondary N) is 2. The quantitative estimate of drug-likeness (QED) is 0.369. The van der Waals surface area contributed by atoms with Crippen LogP contribution in [0.2, 0.25) is 0 Å². The highest BCUT2D eigenvalue weighted by molar-refractivity contribution is 5.99. The van der Waals surface area contributed by atoms with Crippen molar-refractivity contribution in [2.75, 3.05) is 6.54 Å². The van der Waals surface area contributed by atoms with E-state index in [-0.39, 0.29) is 11.8 Å². The topological polar surface area (TPSA) is 58.0 Å². The summed E-state index contributed by atoms with van der Waals surface area (Å²) in [7, 11) is 0. The molecule has 1 atom stereocenters. The van der Waals surface area contributed by atoms with Gasteiger partial charge in [0.15, 0.2) is 5.76 Å². The smallest absolute Gasteiger partial charge is 0.287 e. The summed E-state index contributed by atoms with van der Waals surface area (Å²) in [5.74, 6) is 0.215. The first-order valence-corrected chi connectivity index (χ1v) is 10.5. The van der Waals surface area contributed by atoms with Crippen LogP contribution >= 0.6 is 0 Å². The Morgan fingerprint density at radius 1 is 0.968 bits per heavy atom. The average Bonchev–Trinajstić information content (AvgIpc) is 3.36. The predicted molar refractivity (Wildman–Crippen MR) is 125 cm³/mol. The summed E-state index contributed by atoms with van der Waals surface area (Å²) in [4.78, 5) is 16.4. The van der Waals surface area contributed by atoms with Crippen molar-refractivity contribution in [3.63, 3.8) is 0 Å². The SMILES string of the molecule is Cc1ccc2c(C)c(C(=O)NC[C@@H](c3ccccc3)c3c[nH]c4ccccc34)oc2c1. The number of carbonyl (C=O) groups excluding carboxylic acids is 1. The Labute approximate surface area is 180 Å². The van der Waals surface area contributed by atoms with Crippen molar-refractivity contribution in [3.05, 3.63) is 107 Å². The predicted octanol–water partition coefficient (Wildman–Crippen LogP) is 6.09. The summed E-state index contributed by atoms with van der Waals surface area (Å²) in [6.45, 7) is 4.42. The van der Waals surface area contributed by atoms with Crippen LogP contribution in [0.25, 0.3) is 21.9 Å². The van der Waals surface area contributed by atoms with Gasteiger partial charge in [-0.25, -0.2) is 0 Å². The molecule has 1 amide bonds. The van der Waals surface area contributed by atoms with Crippen LogP contribution in [0.3, 0.4) is 0 Å². The molecule has 2 heterocycles. The van der Waals surface area contributed by atoms with E-state index < -0.39 is 0 Å². The highest BCUT2D eigenvalue weighted by atomic mass is 16.3. The summed E-state index contributed by atoms with van der Waals surface area (Å²) in [5.41, 5.74) is 6.14. The molecule has 0 aliphatic rings. The van der Waals surface area contributed by atoms with Crippen LogP contribution in [0.1, 0.15) is 38.7 Å². The Morgan fingerprint density at radius 2 is 1.74 bits per heavy atom. The van der Waals surface area contributed by atoms with Crippen LogP contribution in [-0.2, 0) is 0 Å². The van der Waals surface area contributed by atoms with Crippen molar-refractivity contribution in [1.82, 2.24) is 10.3 Å². The first kappa shape index (κ1) is 19.2. The van der Waals surface area contributed by atoms with Gasteiger partial charge in [0.1, 0.15) is 5.58 Å². The number of para-hydroxylation sites is 1. The molecule has 0 saturated heterocycles. The number of amides is 1. The molecule has 0 saturated carbocycles. The number of rotatable bonds is 5. The minimum absolute atomic E-state index is 0.0215. The summed E-state index contributed by atoms with van der Waals surface area (Å²) >= 11 is 0. The van der Waals surface area contributed by atoms with E-state index >= 15 is 0 Å². The van der Waals surface area contributed by atoms with Crippen molar-refractivity contribution in [2.24, 2.45) is 0 Å². The first-order valence-electron chi connectivity index (χ1n) is 10.5. The Hall–Kier alpha value is -3.79. The molecule has 5 aromatic rings. The van der Waals surface area contributed by atoms with Crippen molar-refractivity contribution < 1.29 is 9.21 Å². The fourth-order valence-corrected chi connectivity index (χ4v) is 4.30. The lowest BCUT2D eigenvalue weighted by Crippen LogP contribution is -2.29. The summed E-state index contributed by atoms with van der Waals surface area (Å²) < 4.78 is 5.92. The zero-order chi connectivity index (χ0) is 21.4. The number of fused-ring (bicyclic) bond motifs is 2. The zero-order valence-electron chi connectivity index (χ0n) is 17.6. The van der Waals surface area contributed by atoms with Gasteiger partial charge >= 0.3 is 0 Å². The fraction of sp³-hybridized carbons (Fsp3) is 0.148. The molecule has 4 nitrogen and oxygen atoms in total. The molecule has 0 unspecified atom stereocenters. The Morgan fingerprint density at radius 3 is 2.58 bits per heavy atom. The number of aromatic nitrogens is 1. The van der Waals surface area contributed by atoms with E-state index in [1.54, 1.807) is 0 Å². The number of carbonyl (C=O) groups is 1. The Balaban J connectivity index is 1.47. The third-order valence-corrected chi connectivity index (χ3v) is 5.97. The van der Waals surface area contributed by atoms with Crippen molar-refractivity contribution >= 4 is 27.8 Å². The summed E-state index contributed by atoms with van der Waals surface area (Å²) in [5, 5.41) is 5.27. The van der Waals surface area contributed by atoms with Gasteiger partial charge < -0.3 is 14.7 Å². The third kappa shape index (κ3) is 3.50. The van der Waals surface area contributed by atoms with E-state index in [9.17, 15) is 4.79 Å². The largest absolute Gasteiger partial charge is 0.451 e. The van der Waals surface area contributed by atoms with Crippen LogP contribution in [-0.4, -0.2) is 17.4 Å². The van der Waals surface area contributed by atoms with Gasteiger partial charge in [0.25, 0.3) is 5.91 Å². The van der Waals surface area contributed by atoms with Gasteiger partial charge in [-0.2, -0.15) is 0 Å². The highest BCUT2D eigenvalue weighted by Crippen LogP contribution is 2.31. The van der Waals surface area contributed by atoms with E-state index in [0.717, 1.165) is 33.2 Å². The number of hydrogen-bond donors (Lipinski definition) is 2. The molecule has 4 heteroatoms. The van der Waals surface area contributed by atoms with Gasteiger partial charge in [0, 0.05) is 40.5 Å². The van der Waals surface area contributed by atoms with Crippen molar-refractivity contribution in [3.8, 4) is 0 Å². The maximum atomic E-state index is 13.1. The number of aromatic amines is 1. The fourth-order valence-electron chi connectivity index (χ4n) is 4.30. The molecule has 3 aromatic carbocycles. The van der Waals surface area contributed by atoms with E-state index in [1.807, 2.05) is 68.6 Å². The minimum Gasteiger partial charge on any atom is -0.451 e. The maximum absolute atomic E-state index is 13.1. The molecular weight excluding hydrogens is 384 g/mol. The molecule has 2 aromatic heterocycles. The van der Waals surface area contributed by atoms with Crippen LogP contribution in [0.5, 0.6) is 0 Å². The van der Waals surface area contributed by atoms with Gasteiger partial charge in [0.05, 0.1) is 0 Å². The van der Waals surface area contributed by atoms with Crippen molar-refractivity contribution in [2.45, 2.75) is 19.8 Å². The molecule has 5 rings (SSSR count). The van der Waals surface area contributed by atoms with E-state index in [0.29, 0.717) is 12.3 Å². The molecule has 2 N–H and O–H groups in total. The molecule has 31 heavy (non-hydrogen) atoms. The average molecular weight is 409 g/mol. The number of H-pyrrole nitrogens is 1. The standard InChI is InChI=1S/C27H24N2O2/c1-17-12-13-20-18(2)26(31-25(20)14-17)27(30)29-15-22(19-8-4-3-5-9-19)23-16-28-24-11-7-6-10-21(23)24/h3-14,16,22,28H,15H2,1-2H3,(H,29,30)/t22-/m0/s1. The first-order chi connectivity index (χ1) is 15.1. The van der Waals surface area contributed by atoms with Gasteiger partial charge in [-0.3, -0.25) is 4.79 Å². The molecule has 0 spiro atoms. The van der Waals surface area contributed by atoms with Crippen molar-refractivity contribution in [1.29, 1.82) is 0 Å². The van der Waals surface area contributed by atoms with Gasteiger partial charge in [0.2, 0.25) is 0 Å². The van der Waals surface area contributed by atoms with E-state index in [2.05, 4.69) is 34.6 Å². The third-order valence-electron chi connectivity index (χ3n) is 5.97. The monoisotopic (exact) mass is 408 g/mol. The molecule has 0 fully saturated rings. The maximum Gasteiger partial charge on any atom is 0.287 e. The van der Waals surface area contributed by atoms with E-state index in [4.69, 9.17) is 4.42 Å². The number of furan rings is 1. The number of hydrogen-bond acceptors (Lipinski definition) is 2. The van der Waals surface area contributed by atoms with Gasteiger partial charge in [-0.1, -0.05) is 60.7 Å². The normalized spacial score (nSPS) is 12.3. The minimum atomic E-state index is -0.188. The van der Waals surface area contributed by atoms with Crippen LogP contribution in [0.15, 0.2) is 83.4 Å². The summed E-state index contributed by atoms with van der Waals surface area (Å²) in [6.07, 6.45) is 2.05. The lowest BCUT2D eigenvalue weighted by atomic mass is 9.91.